The SMILES string of the molecule is COC(O)(COc1ccccc1C=O)C(O)C#N. The van der Waals surface area contributed by atoms with Gasteiger partial charge in [-0.25, -0.2) is 0 Å². The van der Waals surface area contributed by atoms with Crippen molar-refractivity contribution in [3.63, 3.8) is 0 Å². The Labute approximate surface area is 104 Å². The molecule has 0 bridgehead atoms. The van der Waals surface area contributed by atoms with E-state index in [1.165, 1.54) is 18.2 Å². The van der Waals surface area contributed by atoms with Crippen LogP contribution in [0, 0.1) is 11.3 Å². The van der Waals surface area contributed by atoms with Crippen molar-refractivity contribution in [3.8, 4) is 11.8 Å². The number of aldehydes is 1. The highest BCUT2D eigenvalue weighted by Gasteiger charge is 2.37. The summed E-state index contributed by atoms with van der Waals surface area (Å²) in [7, 11) is 1.13. The van der Waals surface area contributed by atoms with E-state index < -0.39 is 18.5 Å². The van der Waals surface area contributed by atoms with Gasteiger partial charge in [0.1, 0.15) is 12.4 Å². The van der Waals surface area contributed by atoms with Gasteiger partial charge in [0, 0.05) is 7.11 Å². The first-order valence-corrected chi connectivity index (χ1v) is 5.09. The van der Waals surface area contributed by atoms with Crippen LogP contribution in [0.4, 0.5) is 0 Å². The third kappa shape index (κ3) is 3.05. The number of nitriles is 1. The first kappa shape index (κ1) is 14.1. The van der Waals surface area contributed by atoms with Gasteiger partial charge in [-0.3, -0.25) is 4.79 Å². The van der Waals surface area contributed by atoms with Crippen LogP contribution in [0.2, 0.25) is 0 Å². The Morgan fingerprint density at radius 2 is 2.22 bits per heavy atom. The Kier molecular flexibility index (Phi) is 4.80. The zero-order valence-electron chi connectivity index (χ0n) is 9.74. The quantitative estimate of drug-likeness (QED) is 0.422. The molecule has 2 atom stereocenters. The summed E-state index contributed by atoms with van der Waals surface area (Å²) in [5, 5.41) is 27.6. The highest BCUT2D eigenvalue weighted by molar-refractivity contribution is 5.79. The molecule has 0 spiro atoms. The molecule has 0 amide bonds. The van der Waals surface area contributed by atoms with Gasteiger partial charge in [-0.15, -0.1) is 0 Å². The number of carbonyl (C=O) groups is 1. The second kappa shape index (κ2) is 6.12. The minimum atomic E-state index is -2.15. The van der Waals surface area contributed by atoms with E-state index in [0.29, 0.717) is 11.8 Å². The molecule has 0 saturated heterocycles. The predicted octanol–water partition coefficient (Wildman–Crippen LogP) is 0.0974. The number of nitrogens with zero attached hydrogens (tertiary/aromatic N) is 1. The molecule has 0 saturated carbocycles. The summed E-state index contributed by atoms with van der Waals surface area (Å²) in [6.45, 7) is -0.483. The second-order valence-electron chi connectivity index (χ2n) is 3.52. The highest BCUT2D eigenvalue weighted by atomic mass is 16.7. The van der Waals surface area contributed by atoms with Crippen molar-refractivity contribution in [1.29, 1.82) is 5.26 Å². The van der Waals surface area contributed by atoms with Crippen LogP contribution >= 0.6 is 0 Å². The van der Waals surface area contributed by atoms with Crippen LogP contribution in [0.3, 0.4) is 0 Å². The van der Waals surface area contributed by atoms with Crippen LogP contribution in [-0.4, -0.2) is 42.1 Å². The van der Waals surface area contributed by atoms with E-state index in [1.54, 1.807) is 12.1 Å². The van der Waals surface area contributed by atoms with Gasteiger partial charge >= 0.3 is 0 Å². The highest BCUT2D eigenvalue weighted by Crippen LogP contribution is 2.19. The topological polar surface area (TPSA) is 99.8 Å². The van der Waals surface area contributed by atoms with Crippen molar-refractivity contribution in [2.45, 2.75) is 11.9 Å². The van der Waals surface area contributed by atoms with Gasteiger partial charge < -0.3 is 19.7 Å². The van der Waals surface area contributed by atoms with Gasteiger partial charge in [-0.2, -0.15) is 5.26 Å². The van der Waals surface area contributed by atoms with Crippen LogP contribution in [0.1, 0.15) is 10.4 Å². The Hall–Kier alpha value is -1.94. The number of methoxy groups -OCH3 is 1. The fourth-order valence-electron chi connectivity index (χ4n) is 1.24. The van der Waals surface area contributed by atoms with Crippen LogP contribution < -0.4 is 4.74 Å². The minimum Gasteiger partial charge on any atom is -0.487 e. The van der Waals surface area contributed by atoms with Crippen LogP contribution in [-0.2, 0) is 4.74 Å². The molecule has 0 aliphatic rings. The van der Waals surface area contributed by atoms with E-state index in [-0.39, 0.29) is 5.75 Å². The molecule has 0 aromatic heterocycles. The molecule has 96 valence electrons. The summed E-state index contributed by atoms with van der Waals surface area (Å²) < 4.78 is 9.85. The maximum Gasteiger partial charge on any atom is 0.241 e. The van der Waals surface area contributed by atoms with Crippen molar-refractivity contribution >= 4 is 6.29 Å². The maximum absolute atomic E-state index is 10.7. The normalized spacial score (nSPS) is 15.2. The number of hydrogen-bond donors (Lipinski definition) is 2. The van der Waals surface area contributed by atoms with Crippen molar-refractivity contribution < 1.29 is 24.5 Å². The molecule has 1 aromatic rings. The van der Waals surface area contributed by atoms with E-state index in [9.17, 15) is 15.0 Å². The number of ether oxygens (including phenoxy) is 2. The lowest BCUT2D eigenvalue weighted by molar-refractivity contribution is -0.242. The lowest BCUT2D eigenvalue weighted by Crippen LogP contribution is -2.48. The fourth-order valence-corrected chi connectivity index (χ4v) is 1.24. The summed E-state index contributed by atoms with van der Waals surface area (Å²) in [4.78, 5) is 10.7. The number of aliphatic hydroxyl groups excluding tert-OH is 1. The van der Waals surface area contributed by atoms with Crippen molar-refractivity contribution in [2.75, 3.05) is 13.7 Å². The van der Waals surface area contributed by atoms with Crippen molar-refractivity contribution in [2.24, 2.45) is 0 Å². The van der Waals surface area contributed by atoms with E-state index in [2.05, 4.69) is 4.74 Å². The number of para-hydroxylation sites is 1. The first-order chi connectivity index (χ1) is 8.57. The summed E-state index contributed by atoms with van der Waals surface area (Å²) in [6.07, 6.45) is -1.16. The number of carbonyl (C=O) groups excluding carboxylic acids is 1. The number of aliphatic hydroxyl groups is 2. The van der Waals surface area contributed by atoms with Gasteiger partial charge in [-0.05, 0) is 12.1 Å². The lowest BCUT2D eigenvalue weighted by Gasteiger charge is -2.27. The van der Waals surface area contributed by atoms with E-state index >= 15 is 0 Å². The smallest absolute Gasteiger partial charge is 0.241 e. The van der Waals surface area contributed by atoms with Crippen molar-refractivity contribution in [1.82, 2.24) is 0 Å². The molecule has 6 nitrogen and oxygen atoms in total. The average Bonchev–Trinajstić information content (AvgIpc) is 2.44. The number of benzene rings is 1. The molecular weight excluding hydrogens is 238 g/mol. The molecular formula is C12H13NO5. The molecule has 0 radical (unpaired) electrons. The van der Waals surface area contributed by atoms with Crippen LogP contribution in [0.15, 0.2) is 24.3 Å². The van der Waals surface area contributed by atoms with E-state index in [0.717, 1.165) is 7.11 Å². The maximum atomic E-state index is 10.7. The Morgan fingerprint density at radius 3 is 2.78 bits per heavy atom. The van der Waals surface area contributed by atoms with E-state index in [4.69, 9.17) is 10.00 Å². The van der Waals surface area contributed by atoms with Gasteiger partial charge in [0.05, 0.1) is 11.6 Å². The Morgan fingerprint density at radius 1 is 1.56 bits per heavy atom. The molecule has 1 aromatic carbocycles. The van der Waals surface area contributed by atoms with Crippen molar-refractivity contribution in [3.05, 3.63) is 29.8 Å². The van der Waals surface area contributed by atoms with Gasteiger partial charge in [0.15, 0.2) is 12.4 Å². The van der Waals surface area contributed by atoms with E-state index in [1.807, 2.05) is 0 Å². The summed E-state index contributed by atoms with van der Waals surface area (Å²) in [5.41, 5.74) is 0.294. The minimum absolute atomic E-state index is 0.230. The standard InChI is InChI=1S/C12H13NO5/c1-17-12(16,11(15)6-13)8-18-10-5-3-2-4-9(10)7-14/h2-5,7,11,15-16H,8H2,1H3. The van der Waals surface area contributed by atoms with Gasteiger partial charge in [0.25, 0.3) is 0 Å². The molecule has 1 rings (SSSR count). The third-order valence-corrected chi connectivity index (χ3v) is 2.38. The predicted molar refractivity (Wildman–Crippen MR) is 60.9 cm³/mol. The molecule has 0 fully saturated rings. The lowest BCUT2D eigenvalue weighted by atomic mass is 10.1. The summed E-state index contributed by atoms with van der Waals surface area (Å²) in [6, 6.07) is 7.82. The molecule has 0 aliphatic heterocycles. The Bertz CT molecular complexity index is 456. The number of hydrogen-bond acceptors (Lipinski definition) is 6. The largest absolute Gasteiger partial charge is 0.487 e. The molecule has 2 N–H and O–H groups in total. The Balaban J connectivity index is 2.80. The average molecular weight is 251 g/mol. The zero-order chi connectivity index (χ0) is 13.6. The molecule has 6 heteroatoms. The number of rotatable bonds is 6. The summed E-state index contributed by atoms with van der Waals surface area (Å²) >= 11 is 0. The molecule has 2 unspecified atom stereocenters. The summed E-state index contributed by atoms with van der Waals surface area (Å²) in [5.74, 6) is -1.92. The molecule has 18 heavy (non-hydrogen) atoms. The molecule has 0 heterocycles. The first-order valence-electron chi connectivity index (χ1n) is 5.09. The van der Waals surface area contributed by atoms with Crippen LogP contribution in [0.25, 0.3) is 0 Å². The fraction of sp³-hybridized carbons (Fsp3) is 0.333. The zero-order valence-corrected chi connectivity index (χ0v) is 9.74. The van der Waals surface area contributed by atoms with Crippen LogP contribution in [0.5, 0.6) is 5.75 Å². The monoisotopic (exact) mass is 251 g/mol. The second-order valence-corrected chi connectivity index (χ2v) is 3.52. The molecule has 0 aliphatic carbocycles. The van der Waals surface area contributed by atoms with Gasteiger partial charge in [-0.1, -0.05) is 12.1 Å². The van der Waals surface area contributed by atoms with Gasteiger partial charge in [0.2, 0.25) is 5.79 Å². The third-order valence-electron chi connectivity index (χ3n) is 2.38.